The molecule has 2 aromatic rings. The van der Waals surface area contributed by atoms with E-state index in [0.29, 0.717) is 5.56 Å². The van der Waals surface area contributed by atoms with Crippen LogP contribution in [0.3, 0.4) is 0 Å². The largest absolute Gasteiger partial charge is 0.298 e. The summed E-state index contributed by atoms with van der Waals surface area (Å²) in [4.78, 5) is 12.0. The molecule has 6 heteroatoms. The van der Waals surface area contributed by atoms with Crippen molar-refractivity contribution in [3.05, 3.63) is 60.2 Å². The van der Waals surface area contributed by atoms with Crippen LogP contribution in [0.5, 0.6) is 0 Å². The van der Waals surface area contributed by atoms with Gasteiger partial charge in [-0.1, -0.05) is 18.2 Å². The molecule has 1 amide bonds. The van der Waals surface area contributed by atoms with Gasteiger partial charge in [0, 0.05) is 11.8 Å². The summed E-state index contributed by atoms with van der Waals surface area (Å²) in [7, 11) is -3.25. The Kier molecular flexibility index (Phi) is 4.05. The average molecular weight is 290 g/mol. The van der Waals surface area contributed by atoms with Gasteiger partial charge in [0.15, 0.2) is 9.84 Å². The summed E-state index contributed by atoms with van der Waals surface area (Å²) in [6.07, 6.45) is 1.12. The summed E-state index contributed by atoms with van der Waals surface area (Å²) < 4.78 is 22.6. The molecule has 0 aliphatic carbocycles. The van der Waals surface area contributed by atoms with Crippen molar-refractivity contribution in [3.63, 3.8) is 0 Å². The Morgan fingerprint density at radius 3 is 2.10 bits per heavy atom. The Balaban J connectivity index is 2.03. The first-order valence-corrected chi connectivity index (χ1v) is 7.77. The van der Waals surface area contributed by atoms with Gasteiger partial charge in [0.25, 0.3) is 5.91 Å². The van der Waals surface area contributed by atoms with Crippen molar-refractivity contribution in [1.29, 1.82) is 0 Å². The van der Waals surface area contributed by atoms with Gasteiger partial charge in [0.05, 0.1) is 10.6 Å². The molecule has 0 unspecified atom stereocenters. The van der Waals surface area contributed by atoms with Crippen LogP contribution in [0, 0.1) is 0 Å². The number of para-hydroxylation sites is 1. The number of nitrogens with one attached hydrogen (secondary N) is 2. The second kappa shape index (κ2) is 5.75. The molecule has 2 N–H and O–H groups in total. The van der Waals surface area contributed by atoms with Crippen molar-refractivity contribution in [2.75, 3.05) is 11.7 Å². The summed E-state index contributed by atoms with van der Waals surface area (Å²) in [5.74, 6) is -0.339. The van der Waals surface area contributed by atoms with E-state index in [0.717, 1.165) is 11.9 Å². The molecule has 2 rings (SSSR count). The molecule has 20 heavy (non-hydrogen) atoms. The van der Waals surface area contributed by atoms with Crippen LogP contribution in [-0.4, -0.2) is 20.6 Å². The number of amides is 1. The number of carbonyl (C=O) groups excluding carboxylic acids is 1. The summed E-state index contributed by atoms with van der Waals surface area (Å²) >= 11 is 0. The van der Waals surface area contributed by atoms with Crippen LogP contribution in [0.2, 0.25) is 0 Å². The molecule has 0 aromatic heterocycles. The molecule has 0 atom stereocenters. The van der Waals surface area contributed by atoms with Crippen LogP contribution in [0.15, 0.2) is 59.5 Å². The number of sulfone groups is 1. The number of hydrogen-bond acceptors (Lipinski definition) is 4. The van der Waals surface area contributed by atoms with Crippen molar-refractivity contribution >= 4 is 21.4 Å². The highest BCUT2D eigenvalue weighted by molar-refractivity contribution is 7.90. The Hall–Kier alpha value is -2.34. The van der Waals surface area contributed by atoms with Crippen LogP contribution in [-0.2, 0) is 9.84 Å². The van der Waals surface area contributed by atoms with Gasteiger partial charge in [-0.15, -0.1) is 0 Å². The van der Waals surface area contributed by atoms with Crippen LogP contribution in [0.25, 0.3) is 0 Å². The Bertz CT molecular complexity index is 695. The van der Waals surface area contributed by atoms with Crippen molar-refractivity contribution in [2.24, 2.45) is 0 Å². The van der Waals surface area contributed by atoms with Crippen LogP contribution >= 0.6 is 0 Å². The maximum atomic E-state index is 11.9. The molecule has 0 fully saturated rings. The summed E-state index contributed by atoms with van der Waals surface area (Å²) in [5, 5.41) is 0. The van der Waals surface area contributed by atoms with E-state index in [1.54, 1.807) is 0 Å². The third kappa shape index (κ3) is 3.58. The number of rotatable bonds is 4. The number of hydrogen-bond donors (Lipinski definition) is 2. The van der Waals surface area contributed by atoms with Crippen molar-refractivity contribution in [1.82, 2.24) is 5.43 Å². The van der Waals surface area contributed by atoms with Crippen LogP contribution < -0.4 is 10.9 Å². The number of hydrazine groups is 1. The van der Waals surface area contributed by atoms with E-state index >= 15 is 0 Å². The molecular formula is C14H14N2O3S. The first-order chi connectivity index (χ1) is 9.47. The lowest BCUT2D eigenvalue weighted by molar-refractivity contribution is 0.0962. The lowest BCUT2D eigenvalue weighted by atomic mass is 10.2. The normalized spacial score (nSPS) is 10.8. The predicted octanol–water partition coefficient (Wildman–Crippen LogP) is 1.85. The van der Waals surface area contributed by atoms with Gasteiger partial charge in [0.2, 0.25) is 0 Å². The summed E-state index contributed by atoms with van der Waals surface area (Å²) in [6.45, 7) is 0. The maximum Gasteiger partial charge on any atom is 0.269 e. The van der Waals surface area contributed by atoms with Crippen LogP contribution in [0.1, 0.15) is 10.4 Å². The lowest BCUT2D eigenvalue weighted by Crippen LogP contribution is -2.29. The molecule has 5 nitrogen and oxygen atoms in total. The third-order valence-electron chi connectivity index (χ3n) is 2.64. The van der Waals surface area contributed by atoms with E-state index in [2.05, 4.69) is 10.9 Å². The fourth-order valence-corrected chi connectivity index (χ4v) is 2.21. The van der Waals surface area contributed by atoms with Gasteiger partial charge in [-0.2, -0.15) is 0 Å². The number of benzene rings is 2. The quantitative estimate of drug-likeness (QED) is 0.843. The van der Waals surface area contributed by atoms with Gasteiger partial charge >= 0.3 is 0 Å². The molecule has 0 bridgehead atoms. The van der Waals surface area contributed by atoms with Crippen molar-refractivity contribution in [3.8, 4) is 0 Å². The van der Waals surface area contributed by atoms with Crippen molar-refractivity contribution < 1.29 is 13.2 Å². The zero-order chi connectivity index (χ0) is 14.6. The SMILES string of the molecule is CS(=O)(=O)c1ccc(C(=O)NNc2ccccc2)cc1. The summed E-state index contributed by atoms with van der Waals surface area (Å²) in [5.41, 5.74) is 6.44. The minimum Gasteiger partial charge on any atom is -0.298 e. The lowest BCUT2D eigenvalue weighted by Gasteiger charge is -2.08. The topological polar surface area (TPSA) is 75.3 Å². The summed E-state index contributed by atoms with van der Waals surface area (Å²) in [6, 6.07) is 14.9. The first kappa shape index (κ1) is 14.1. The predicted molar refractivity (Wildman–Crippen MR) is 77.1 cm³/mol. The molecule has 104 valence electrons. The highest BCUT2D eigenvalue weighted by Gasteiger charge is 2.09. The van der Waals surface area contributed by atoms with E-state index in [1.165, 1.54) is 24.3 Å². The second-order valence-electron chi connectivity index (χ2n) is 4.24. The van der Waals surface area contributed by atoms with E-state index in [1.807, 2.05) is 30.3 Å². The standard InChI is InChI=1S/C14H14N2O3S/c1-20(18,19)13-9-7-11(8-10-13)14(17)16-15-12-5-3-2-4-6-12/h2-10,15H,1H3,(H,16,17). The van der Waals surface area contributed by atoms with Gasteiger partial charge in [-0.05, 0) is 36.4 Å². The monoisotopic (exact) mass is 290 g/mol. The molecule has 0 aliphatic rings. The first-order valence-electron chi connectivity index (χ1n) is 5.88. The molecule has 0 spiro atoms. The minimum atomic E-state index is -3.25. The number of carbonyl (C=O) groups is 1. The van der Waals surface area contributed by atoms with Gasteiger partial charge in [-0.25, -0.2) is 8.42 Å². The maximum absolute atomic E-state index is 11.9. The van der Waals surface area contributed by atoms with E-state index in [-0.39, 0.29) is 10.8 Å². The zero-order valence-electron chi connectivity index (χ0n) is 10.8. The highest BCUT2D eigenvalue weighted by Crippen LogP contribution is 2.10. The second-order valence-corrected chi connectivity index (χ2v) is 6.26. The Morgan fingerprint density at radius 1 is 0.950 bits per heavy atom. The van der Waals surface area contributed by atoms with Crippen LogP contribution in [0.4, 0.5) is 5.69 Å². The van der Waals surface area contributed by atoms with E-state index in [4.69, 9.17) is 0 Å². The zero-order valence-corrected chi connectivity index (χ0v) is 11.6. The molecule has 0 aliphatic heterocycles. The highest BCUT2D eigenvalue weighted by atomic mass is 32.2. The number of anilines is 1. The van der Waals surface area contributed by atoms with Crippen molar-refractivity contribution in [2.45, 2.75) is 4.90 Å². The Morgan fingerprint density at radius 2 is 1.55 bits per heavy atom. The average Bonchev–Trinajstić information content (AvgIpc) is 2.45. The molecule has 0 radical (unpaired) electrons. The van der Waals surface area contributed by atoms with Gasteiger partial charge < -0.3 is 0 Å². The fourth-order valence-electron chi connectivity index (χ4n) is 1.58. The van der Waals surface area contributed by atoms with Gasteiger partial charge in [-0.3, -0.25) is 15.6 Å². The molecule has 2 aromatic carbocycles. The molecule has 0 saturated heterocycles. The molecule has 0 heterocycles. The molecular weight excluding hydrogens is 276 g/mol. The van der Waals surface area contributed by atoms with E-state index < -0.39 is 9.84 Å². The molecule has 0 saturated carbocycles. The van der Waals surface area contributed by atoms with Gasteiger partial charge in [0.1, 0.15) is 0 Å². The fraction of sp³-hybridized carbons (Fsp3) is 0.0714. The third-order valence-corrected chi connectivity index (χ3v) is 3.77. The Labute approximate surface area is 117 Å². The minimum absolute atomic E-state index is 0.185. The smallest absolute Gasteiger partial charge is 0.269 e. The van der Waals surface area contributed by atoms with E-state index in [9.17, 15) is 13.2 Å².